The number of likely N-dealkylation sites (tertiary alicyclic amines) is 1. The normalized spacial score (nSPS) is 18.6. The van der Waals surface area contributed by atoms with Gasteiger partial charge in [0.1, 0.15) is 5.69 Å². The van der Waals surface area contributed by atoms with E-state index in [9.17, 15) is 9.59 Å². The monoisotopic (exact) mass is 334 g/mol. The number of rotatable bonds is 5. The third kappa shape index (κ3) is 4.84. The molecule has 2 amide bonds. The molecule has 1 aromatic heterocycles. The van der Waals surface area contributed by atoms with Gasteiger partial charge in [-0.2, -0.15) is 0 Å². The molecule has 0 aromatic carbocycles. The molecule has 0 aliphatic carbocycles. The number of aryl methyl sites for hydroxylation is 2. The summed E-state index contributed by atoms with van der Waals surface area (Å²) < 4.78 is 1.47. The highest BCUT2D eigenvalue weighted by molar-refractivity contribution is 5.89. The number of aromatic nitrogens is 1. The first-order valence-electron chi connectivity index (χ1n) is 8.83. The highest BCUT2D eigenvalue weighted by Crippen LogP contribution is 2.18. The van der Waals surface area contributed by atoms with Gasteiger partial charge in [0.05, 0.1) is 0 Å². The van der Waals surface area contributed by atoms with Crippen LogP contribution in [0.25, 0.3) is 0 Å². The van der Waals surface area contributed by atoms with E-state index in [1.54, 1.807) is 13.2 Å². The van der Waals surface area contributed by atoms with E-state index in [1.165, 1.54) is 17.4 Å². The van der Waals surface area contributed by atoms with Gasteiger partial charge in [0.2, 0.25) is 0 Å². The van der Waals surface area contributed by atoms with Gasteiger partial charge >= 0.3 is 6.03 Å². The third-order valence-corrected chi connectivity index (χ3v) is 4.56. The van der Waals surface area contributed by atoms with Crippen LogP contribution in [0.5, 0.6) is 0 Å². The summed E-state index contributed by atoms with van der Waals surface area (Å²) in [5, 5.41) is 5.65. The zero-order valence-corrected chi connectivity index (χ0v) is 15.3. The number of nitrogens with zero attached hydrogens (tertiary/aromatic N) is 2. The van der Waals surface area contributed by atoms with Crippen molar-refractivity contribution in [3.63, 3.8) is 0 Å². The van der Waals surface area contributed by atoms with E-state index in [1.807, 2.05) is 13.0 Å². The molecule has 0 unspecified atom stereocenters. The second kappa shape index (κ2) is 8.33. The molecule has 1 aliphatic heterocycles. The Kier molecular flexibility index (Phi) is 6.43. The van der Waals surface area contributed by atoms with Crippen molar-refractivity contribution in [3.8, 4) is 0 Å². The molecule has 0 radical (unpaired) electrons. The van der Waals surface area contributed by atoms with Gasteiger partial charge in [0.25, 0.3) is 5.56 Å². The Morgan fingerprint density at radius 1 is 1.38 bits per heavy atom. The van der Waals surface area contributed by atoms with Gasteiger partial charge in [-0.25, -0.2) is 4.79 Å². The van der Waals surface area contributed by atoms with E-state index in [0.29, 0.717) is 24.2 Å². The Bertz CT molecular complexity index is 624. The van der Waals surface area contributed by atoms with Crippen LogP contribution in [0.2, 0.25) is 0 Å². The van der Waals surface area contributed by atoms with Crippen LogP contribution in [0.3, 0.4) is 0 Å². The molecule has 0 bridgehead atoms. The van der Waals surface area contributed by atoms with Crippen LogP contribution in [0.15, 0.2) is 17.1 Å². The molecule has 2 heterocycles. The van der Waals surface area contributed by atoms with Gasteiger partial charge < -0.3 is 15.2 Å². The molecule has 134 valence electrons. The molecule has 1 aliphatic rings. The molecule has 6 heteroatoms. The van der Waals surface area contributed by atoms with E-state index in [2.05, 4.69) is 29.4 Å². The van der Waals surface area contributed by atoms with E-state index >= 15 is 0 Å². The summed E-state index contributed by atoms with van der Waals surface area (Å²) in [6.07, 6.45) is 5.25. The summed E-state index contributed by atoms with van der Waals surface area (Å²) >= 11 is 0. The maximum absolute atomic E-state index is 12.2. The lowest BCUT2D eigenvalue weighted by Crippen LogP contribution is -2.48. The van der Waals surface area contributed by atoms with Gasteiger partial charge in [-0.3, -0.25) is 9.69 Å². The van der Waals surface area contributed by atoms with E-state index < -0.39 is 0 Å². The molecule has 24 heavy (non-hydrogen) atoms. The molecule has 1 fully saturated rings. The first-order chi connectivity index (χ1) is 11.4. The predicted octanol–water partition coefficient (Wildman–Crippen LogP) is 2.33. The van der Waals surface area contributed by atoms with Crippen LogP contribution in [0, 0.1) is 12.8 Å². The molecular weight excluding hydrogens is 304 g/mol. The number of piperidine rings is 1. The summed E-state index contributed by atoms with van der Waals surface area (Å²) in [7, 11) is 1.68. The van der Waals surface area contributed by atoms with Crippen LogP contribution >= 0.6 is 0 Å². The number of hydrogen-bond acceptors (Lipinski definition) is 3. The predicted molar refractivity (Wildman–Crippen MR) is 97.5 cm³/mol. The molecule has 1 aromatic rings. The fourth-order valence-electron chi connectivity index (χ4n) is 3.24. The number of anilines is 1. The highest BCUT2D eigenvalue weighted by atomic mass is 16.2. The van der Waals surface area contributed by atoms with Crippen LogP contribution in [0.1, 0.15) is 38.7 Å². The molecule has 0 saturated carbocycles. The second-order valence-corrected chi connectivity index (χ2v) is 7.16. The van der Waals surface area contributed by atoms with Gasteiger partial charge in [-0.05, 0) is 43.9 Å². The van der Waals surface area contributed by atoms with E-state index in [-0.39, 0.29) is 11.6 Å². The summed E-state index contributed by atoms with van der Waals surface area (Å²) in [6.45, 7) is 9.05. The van der Waals surface area contributed by atoms with Crippen molar-refractivity contribution in [2.75, 3.05) is 25.0 Å². The third-order valence-electron chi connectivity index (χ3n) is 4.56. The second-order valence-electron chi connectivity index (χ2n) is 7.16. The van der Waals surface area contributed by atoms with Crippen molar-refractivity contribution < 1.29 is 4.79 Å². The van der Waals surface area contributed by atoms with Crippen molar-refractivity contribution in [1.29, 1.82) is 0 Å². The van der Waals surface area contributed by atoms with Crippen molar-refractivity contribution in [3.05, 3.63) is 28.2 Å². The highest BCUT2D eigenvalue weighted by Gasteiger charge is 2.23. The lowest BCUT2D eigenvalue weighted by atomic mass is 10.0. The number of urea groups is 1. The maximum Gasteiger partial charge on any atom is 0.319 e. The smallest absolute Gasteiger partial charge is 0.319 e. The number of hydrogen-bond donors (Lipinski definition) is 2. The fraction of sp³-hybridized carbons (Fsp3) is 0.667. The quantitative estimate of drug-likeness (QED) is 0.868. The van der Waals surface area contributed by atoms with Crippen LogP contribution in [-0.4, -0.2) is 41.2 Å². The van der Waals surface area contributed by atoms with E-state index in [0.717, 1.165) is 25.1 Å². The Hall–Kier alpha value is -1.82. The van der Waals surface area contributed by atoms with Gasteiger partial charge in [0.15, 0.2) is 0 Å². The SMILES string of the molecule is Cc1ccn(C)c(=O)c1NC(=O)NC[C@H]1CCCCN1CC(C)C. The van der Waals surface area contributed by atoms with Crippen LogP contribution in [-0.2, 0) is 7.05 Å². The number of carbonyl (C=O) groups is 1. The van der Waals surface area contributed by atoms with Crippen LogP contribution < -0.4 is 16.2 Å². The summed E-state index contributed by atoms with van der Waals surface area (Å²) in [6, 6.07) is 1.89. The number of pyridine rings is 1. The van der Waals surface area contributed by atoms with Crippen molar-refractivity contribution in [1.82, 2.24) is 14.8 Å². The summed E-state index contributed by atoms with van der Waals surface area (Å²) in [5.41, 5.74) is 0.928. The Balaban J connectivity index is 1.93. The molecule has 6 nitrogen and oxygen atoms in total. The molecule has 1 saturated heterocycles. The minimum atomic E-state index is -0.309. The lowest BCUT2D eigenvalue weighted by Gasteiger charge is -2.36. The van der Waals surface area contributed by atoms with Crippen molar-refractivity contribution >= 4 is 11.7 Å². The number of amides is 2. The molecule has 1 atom stereocenters. The zero-order valence-electron chi connectivity index (χ0n) is 15.3. The van der Waals surface area contributed by atoms with E-state index in [4.69, 9.17) is 0 Å². The van der Waals surface area contributed by atoms with Crippen molar-refractivity contribution in [2.24, 2.45) is 13.0 Å². The Morgan fingerprint density at radius 3 is 2.83 bits per heavy atom. The number of nitrogens with one attached hydrogen (secondary N) is 2. The first kappa shape index (κ1) is 18.5. The maximum atomic E-state index is 12.2. The standard InChI is InChI=1S/C18H30N4O2/c1-13(2)12-22-9-6-5-7-15(22)11-19-18(24)20-16-14(3)8-10-21(4)17(16)23/h8,10,13,15H,5-7,9,11-12H2,1-4H3,(H2,19,20,24)/t15-/m1/s1. The summed E-state index contributed by atoms with van der Waals surface area (Å²) in [4.78, 5) is 26.8. The van der Waals surface area contributed by atoms with Gasteiger partial charge in [0, 0.05) is 32.4 Å². The van der Waals surface area contributed by atoms with Gasteiger partial charge in [-0.1, -0.05) is 20.3 Å². The molecule has 2 N–H and O–H groups in total. The molecule has 0 spiro atoms. The molecule has 2 rings (SSSR count). The van der Waals surface area contributed by atoms with Crippen molar-refractivity contribution in [2.45, 2.75) is 46.1 Å². The topological polar surface area (TPSA) is 66.4 Å². The minimum absolute atomic E-state index is 0.191. The number of carbonyl (C=O) groups excluding carboxylic acids is 1. The lowest BCUT2D eigenvalue weighted by molar-refractivity contribution is 0.131. The largest absolute Gasteiger partial charge is 0.336 e. The molecular formula is C18H30N4O2. The van der Waals surface area contributed by atoms with Gasteiger partial charge in [-0.15, -0.1) is 0 Å². The average Bonchev–Trinajstić information content (AvgIpc) is 2.54. The van der Waals surface area contributed by atoms with Crippen LogP contribution in [0.4, 0.5) is 10.5 Å². The summed E-state index contributed by atoms with van der Waals surface area (Å²) in [5.74, 6) is 0.620. The fourth-order valence-corrected chi connectivity index (χ4v) is 3.24. The average molecular weight is 334 g/mol. The Labute approximate surface area is 144 Å². The Morgan fingerprint density at radius 2 is 2.12 bits per heavy atom. The first-order valence-corrected chi connectivity index (χ1v) is 8.83. The zero-order chi connectivity index (χ0) is 17.7. The minimum Gasteiger partial charge on any atom is -0.336 e.